The topological polar surface area (TPSA) is 47.3 Å². The van der Waals surface area contributed by atoms with Crippen molar-refractivity contribution in [3.05, 3.63) is 108 Å². The Labute approximate surface area is 197 Å². The molecule has 0 radical (unpaired) electrons. The lowest BCUT2D eigenvalue weighted by Crippen LogP contribution is -1.93. The molecule has 0 unspecified atom stereocenters. The summed E-state index contributed by atoms with van der Waals surface area (Å²) in [5.74, 6) is 1.04. The number of hydrogen-bond acceptors (Lipinski definition) is 3. The molecule has 0 spiro atoms. The van der Waals surface area contributed by atoms with Crippen LogP contribution in [-0.2, 0) is 0 Å². The van der Waals surface area contributed by atoms with Crippen LogP contribution in [0.1, 0.15) is 11.3 Å². The summed E-state index contributed by atoms with van der Waals surface area (Å²) in [5.41, 5.74) is 5.91. The molecule has 2 heterocycles. The van der Waals surface area contributed by atoms with Crippen molar-refractivity contribution in [3.8, 4) is 17.2 Å². The van der Waals surface area contributed by atoms with Crippen molar-refractivity contribution in [1.82, 2.24) is 9.55 Å². The molecule has 0 saturated heterocycles. The van der Waals surface area contributed by atoms with E-state index >= 15 is 0 Å². The highest BCUT2D eigenvalue weighted by Gasteiger charge is 2.12. The van der Waals surface area contributed by atoms with Gasteiger partial charge in [-0.25, -0.2) is 4.98 Å². The molecule has 1 N–H and O–H groups in total. The highest BCUT2D eigenvalue weighted by atomic mass is 16.5. The lowest BCUT2D eigenvalue weighted by atomic mass is 10.1. The zero-order valence-electron chi connectivity index (χ0n) is 18.6. The van der Waals surface area contributed by atoms with E-state index in [2.05, 4.69) is 70.2 Å². The number of benzene rings is 4. The van der Waals surface area contributed by atoms with E-state index < -0.39 is 0 Å². The fourth-order valence-corrected chi connectivity index (χ4v) is 4.52. The Morgan fingerprint density at radius 1 is 0.765 bits per heavy atom. The Balaban J connectivity index is 1.44. The quantitative estimate of drug-likeness (QED) is 0.314. The predicted octanol–water partition coefficient (Wildman–Crippen LogP) is 7.22. The smallest absolute Gasteiger partial charge is 0.141 e. The van der Waals surface area contributed by atoms with Crippen molar-refractivity contribution in [1.29, 1.82) is 0 Å². The summed E-state index contributed by atoms with van der Waals surface area (Å²) >= 11 is 0. The van der Waals surface area contributed by atoms with Gasteiger partial charge < -0.3 is 14.4 Å². The molecule has 4 heteroatoms. The minimum atomic E-state index is 0.195. The molecule has 0 aliphatic rings. The lowest BCUT2D eigenvalue weighted by molar-refractivity contribution is 0.415. The van der Waals surface area contributed by atoms with E-state index in [4.69, 9.17) is 4.74 Å². The Hall–Kier alpha value is -4.57. The SMILES string of the molecule is COc1ccc(-n2c3ccccc3c3cc(/C=C/c4ccc5cccc(O)c5n4)ccc32)cc1. The summed E-state index contributed by atoms with van der Waals surface area (Å²) in [6, 6.07) is 32.5. The minimum absolute atomic E-state index is 0.195. The van der Waals surface area contributed by atoms with Gasteiger partial charge in [0.15, 0.2) is 0 Å². The molecule has 164 valence electrons. The van der Waals surface area contributed by atoms with E-state index in [1.807, 2.05) is 42.5 Å². The number of phenols is 1. The molecule has 0 atom stereocenters. The monoisotopic (exact) mass is 442 g/mol. The highest BCUT2D eigenvalue weighted by Crippen LogP contribution is 2.33. The number of para-hydroxylation sites is 2. The van der Waals surface area contributed by atoms with Crippen LogP contribution < -0.4 is 4.74 Å². The second-order valence-corrected chi connectivity index (χ2v) is 8.25. The largest absolute Gasteiger partial charge is 0.506 e. The van der Waals surface area contributed by atoms with Gasteiger partial charge in [0.25, 0.3) is 0 Å². The van der Waals surface area contributed by atoms with Crippen molar-refractivity contribution in [2.24, 2.45) is 0 Å². The number of aromatic hydroxyl groups is 1. The number of ether oxygens (including phenoxy) is 1. The van der Waals surface area contributed by atoms with Gasteiger partial charge in [0.05, 0.1) is 23.8 Å². The van der Waals surface area contributed by atoms with Crippen molar-refractivity contribution in [2.75, 3.05) is 7.11 Å². The Kier molecular flexibility index (Phi) is 4.77. The van der Waals surface area contributed by atoms with E-state index in [0.717, 1.165) is 39.1 Å². The van der Waals surface area contributed by atoms with Crippen LogP contribution in [0.5, 0.6) is 11.5 Å². The van der Waals surface area contributed by atoms with Crippen molar-refractivity contribution >= 4 is 44.9 Å². The third-order valence-electron chi connectivity index (χ3n) is 6.19. The minimum Gasteiger partial charge on any atom is -0.506 e. The molecule has 0 saturated carbocycles. The lowest BCUT2D eigenvalue weighted by Gasteiger charge is -2.09. The first-order chi connectivity index (χ1) is 16.7. The first kappa shape index (κ1) is 20.1. The fraction of sp³-hybridized carbons (Fsp3) is 0.0333. The maximum Gasteiger partial charge on any atom is 0.141 e. The number of rotatable bonds is 4. The molecule has 0 fully saturated rings. The Morgan fingerprint density at radius 3 is 2.44 bits per heavy atom. The van der Waals surface area contributed by atoms with Gasteiger partial charge in [0, 0.05) is 21.8 Å². The van der Waals surface area contributed by atoms with Crippen LogP contribution in [0.25, 0.3) is 50.5 Å². The molecule has 6 aromatic rings. The number of hydrogen-bond donors (Lipinski definition) is 1. The predicted molar refractivity (Wildman–Crippen MR) is 140 cm³/mol. The maximum absolute atomic E-state index is 10.1. The van der Waals surface area contributed by atoms with E-state index in [9.17, 15) is 5.11 Å². The van der Waals surface area contributed by atoms with Gasteiger partial charge in [-0.3, -0.25) is 0 Å². The molecular formula is C30H22N2O2. The van der Waals surface area contributed by atoms with Crippen LogP contribution in [0.15, 0.2) is 97.1 Å². The average Bonchev–Trinajstić information content (AvgIpc) is 3.21. The van der Waals surface area contributed by atoms with E-state index in [1.54, 1.807) is 13.2 Å². The second-order valence-electron chi connectivity index (χ2n) is 8.25. The Bertz CT molecular complexity index is 1700. The third kappa shape index (κ3) is 3.37. The van der Waals surface area contributed by atoms with Crippen LogP contribution in [-0.4, -0.2) is 21.8 Å². The standard InChI is InChI=1S/C30H22N2O2/c1-34-24-16-14-23(15-17-24)32-27-7-3-2-6-25(27)26-19-20(10-18-28(26)32)9-12-22-13-11-21-5-4-8-29(33)30(21)31-22/h2-19,33H,1H3/b12-9+. The summed E-state index contributed by atoms with van der Waals surface area (Å²) in [5, 5.41) is 13.4. The molecule has 4 aromatic carbocycles. The molecule has 4 nitrogen and oxygen atoms in total. The van der Waals surface area contributed by atoms with Gasteiger partial charge in [-0.05, 0) is 66.2 Å². The van der Waals surface area contributed by atoms with Gasteiger partial charge in [-0.1, -0.05) is 48.5 Å². The van der Waals surface area contributed by atoms with Crippen molar-refractivity contribution < 1.29 is 9.84 Å². The van der Waals surface area contributed by atoms with Crippen LogP contribution in [0.4, 0.5) is 0 Å². The van der Waals surface area contributed by atoms with Crippen LogP contribution >= 0.6 is 0 Å². The van der Waals surface area contributed by atoms with Gasteiger partial charge in [0.1, 0.15) is 17.0 Å². The zero-order valence-corrected chi connectivity index (χ0v) is 18.6. The summed E-state index contributed by atoms with van der Waals surface area (Å²) in [4.78, 5) is 4.61. The summed E-state index contributed by atoms with van der Waals surface area (Å²) < 4.78 is 7.62. The second kappa shape index (κ2) is 8.09. The van der Waals surface area contributed by atoms with E-state index in [0.29, 0.717) is 5.52 Å². The van der Waals surface area contributed by atoms with Gasteiger partial charge in [0.2, 0.25) is 0 Å². The van der Waals surface area contributed by atoms with Crippen LogP contribution in [0, 0.1) is 0 Å². The number of nitrogens with zero attached hydrogens (tertiary/aromatic N) is 2. The van der Waals surface area contributed by atoms with E-state index in [1.165, 1.54) is 10.8 Å². The van der Waals surface area contributed by atoms with Crippen LogP contribution in [0.3, 0.4) is 0 Å². The molecule has 0 bridgehead atoms. The number of methoxy groups -OCH3 is 1. The fourth-order valence-electron chi connectivity index (χ4n) is 4.52. The summed E-state index contributed by atoms with van der Waals surface area (Å²) in [6.07, 6.45) is 4.04. The zero-order chi connectivity index (χ0) is 23.1. The molecule has 34 heavy (non-hydrogen) atoms. The molecule has 0 aliphatic heterocycles. The van der Waals surface area contributed by atoms with Crippen LogP contribution in [0.2, 0.25) is 0 Å². The number of pyridine rings is 1. The first-order valence-electron chi connectivity index (χ1n) is 11.2. The van der Waals surface area contributed by atoms with Gasteiger partial charge in [-0.15, -0.1) is 0 Å². The third-order valence-corrected chi connectivity index (χ3v) is 6.19. The number of aromatic nitrogens is 2. The molecular weight excluding hydrogens is 420 g/mol. The normalized spacial score (nSPS) is 11.7. The van der Waals surface area contributed by atoms with E-state index in [-0.39, 0.29) is 5.75 Å². The summed E-state index contributed by atoms with van der Waals surface area (Å²) in [7, 11) is 1.68. The average molecular weight is 443 g/mol. The van der Waals surface area contributed by atoms with Gasteiger partial charge in [-0.2, -0.15) is 0 Å². The number of fused-ring (bicyclic) bond motifs is 4. The van der Waals surface area contributed by atoms with Crippen molar-refractivity contribution in [3.63, 3.8) is 0 Å². The molecule has 0 aliphatic carbocycles. The molecule has 0 amide bonds. The van der Waals surface area contributed by atoms with Gasteiger partial charge >= 0.3 is 0 Å². The first-order valence-corrected chi connectivity index (χ1v) is 11.2. The van der Waals surface area contributed by atoms with Crippen molar-refractivity contribution in [2.45, 2.75) is 0 Å². The Morgan fingerprint density at radius 2 is 1.59 bits per heavy atom. The molecule has 2 aromatic heterocycles. The summed E-state index contributed by atoms with van der Waals surface area (Å²) in [6.45, 7) is 0. The number of phenolic OH excluding ortho intramolecular Hbond substituents is 1. The maximum atomic E-state index is 10.1. The molecule has 6 rings (SSSR count). The highest BCUT2D eigenvalue weighted by molar-refractivity contribution is 6.10.